The van der Waals surface area contributed by atoms with Crippen molar-refractivity contribution in [3.63, 3.8) is 0 Å². The Morgan fingerprint density at radius 2 is 2.00 bits per heavy atom. The van der Waals surface area contributed by atoms with Gasteiger partial charge in [0.2, 0.25) is 5.91 Å². The van der Waals surface area contributed by atoms with Crippen LogP contribution in [0.1, 0.15) is 23.8 Å². The first-order valence-electron chi connectivity index (χ1n) is 8.83. The van der Waals surface area contributed by atoms with E-state index in [1.165, 1.54) is 17.0 Å². The molecule has 0 radical (unpaired) electrons. The number of amides is 2. The minimum Gasteiger partial charge on any atom is -0.497 e. The number of ether oxygens (including phenoxy) is 2. The third kappa shape index (κ3) is 4.23. The van der Waals surface area contributed by atoms with Crippen LogP contribution in [0.3, 0.4) is 0 Å². The molecule has 0 unspecified atom stereocenters. The zero-order valence-electron chi connectivity index (χ0n) is 16.1. The quantitative estimate of drug-likeness (QED) is 0.728. The molecule has 1 aromatic carbocycles. The number of carbonyl (C=O) groups is 2. The monoisotopic (exact) mass is 385 g/mol. The van der Waals surface area contributed by atoms with E-state index in [1.54, 1.807) is 26.5 Å². The standard InChI is InChI=1S/C20H23N3O5/c1-22(20(25)13-26-2)12-19(24)23-17(18-5-4-10-28-18)11-16(21-23)14-6-8-15(27-3)9-7-14/h4-10,17H,11-13H2,1-3H3/t17-/m0/s1. The van der Waals surface area contributed by atoms with Crippen LogP contribution >= 0.6 is 0 Å². The molecule has 1 aliphatic rings. The second-order valence-corrected chi connectivity index (χ2v) is 6.43. The van der Waals surface area contributed by atoms with Crippen LogP contribution in [0.5, 0.6) is 5.75 Å². The van der Waals surface area contributed by atoms with Crippen molar-refractivity contribution in [3.05, 3.63) is 54.0 Å². The molecule has 0 saturated heterocycles. The topological polar surface area (TPSA) is 84.6 Å². The van der Waals surface area contributed by atoms with Gasteiger partial charge in [0.25, 0.3) is 5.91 Å². The first-order valence-corrected chi connectivity index (χ1v) is 8.83. The summed E-state index contributed by atoms with van der Waals surface area (Å²) in [5.74, 6) is 0.823. The van der Waals surface area contributed by atoms with Gasteiger partial charge in [-0.05, 0) is 42.0 Å². The number of benzene rings is 1. The fourth-order valence-electron chi connectivity index (χ4n) is 3.00. The maximum atomic E-state index is 12.9. The van der Waals surface area contributed by atoms with Gasteiger partial charge in [-0.1, -0.05) is 0 Å². The molecule has 0 saturated carbocycles. The molecule has 2 amide bonds. The van der Waals surface area contributed by atoms with E-state index in [9.17, 15) is 9.59 Å². The normalized spacial score (nSPS) is 16.0. The molecule has 8 heteroatoms. The average molecular weight is 385 g/mol. The molecule has 0 fully saturated rings. The zero-order valence-corrected chi connectivity index (χ0v) is 16.1. The molecule has 28 heavy (non-hydrogen) atoms. The number of rotatable bonds is 7. The van der Waals surface area contributed by atoms with Gasteiger partial charge in [0.1, 0.15) is 30.7 Å². The summed E-state index contributed by atoms with van der Waals surface area (Å²) >= 11 is 0. The Morgan fingerprint density at radius 1 is 1.25 bits per heavy atom. The summed E-state index contributed by atoms with van der Waals surface area (Å²) in [4.78, 5) is 26.1. The summed E-state index contributed by atoms with van der Waals surface area (Å²) in [5, 5.41) is 5.94. The molecular weight excluding hydrogens is 362 g/mol. The van der Waals surface area contributed by atoms with E-state index < -0.39 is 0 Å². The fourth-order valence-corrected chi connectivity index (χ4v) is 3.00. The number of hydrogen-bond donors (Lipinski definition) is 0. The molecule has 8 nitrogen and oxygen atoms in total. The van der Waals surface area contributed by atoms with Gasteiger partial charge in [0.15, 0.2) is 0 Å². The summed E-state index contributed by atoms with van der Waals surface area (Å²) in [6.45, 7) is -0.176. The molecule has 148 valence electrons. The molecule has 3 rings (SSSR count). The third-order valence-corrected chi connectivity index (χ3v) is 4.53. The SMILES string of the molecule is COCC(=O)N(C)CC(=O)N1N=C(c2ccc(OC)cc2)C[C@H]1c1ccco1. The lowest BCUT2D eigenvalue weighted by Gasteiger charge is -2.23. The maximum Gasteiger partial charge on any atom is 0.262 e. The Kier molecular flexibility index (Phi) is 6.10. The van der Waals surface area contributed by atoms with E-state index in [4.69, 9.17) is 13.9 Å². The third-order valence-electron chi connectivity index (χ3n) is 4.53. The molecule has 2 heterocycles. The first-order chi connectivity index (χ1) is 13.5. The van der Waals surface area contributed by atoms with E-state index >= 15 is 0 Å². The highest BCUT2D eigenvalue weighted by Crippen LogP contribution is 2.33. The largest absolute Gasteiger partial charge is 0.497 e. The average Bonchev–Trinajstić information content (AvgIpc) is 3.37. The Balaban J connectivity index is 1.82. The smallest absolute Gasteiger partial charge is 0.262 e. The summed E-state index contributed by atoms with van der Waals surface area (Å²) in [5.41, 5.74) is 1.67. The van der Waals surface area contributed by atoms with Gasteiger partial charge in [0.05, 0.1) is 19.1 Å². The Bertz CT molecular complexity index is 845. The van der Waals surface area contributed by atoms with Crippen LogP contribution in [0.2, 0.25) is 0 Å². The predicted octanol–water partition coefficient (Wildman–Crippen LogP) is 2.07. The first kappa shape index (κ1) is 19.6. The van der Waals surface area contributed by atoms with Gasteiger partial charge < -0.3 is 18.8 Å². The van der Waals surface area contributed by atoms with Crippen molar-refractivity contribution >= 4 is 17.5 Å². The minimum atomic E-state index is -0.356. The molecule has 0 spiro atoms. The molecule has 0 bridgehead atoms. The van der Waals surface area contributed by atoms with Gasteiger partial charge in [-0.3, -0.25) is 9.59 Å². The summed E-state index contributed by atoms with van der Waals surface area (Å²) in [6.07, 6.45) is 2.08. The highest BCUT2D eigenvalue weighted by Gasteiger charge is 2.35. The van der Waals surface area contributed by atoms with Crippen LogP contribution in [-0.4, -0.2) is 61.9 Å². The van der Waals surface area contributed by atoms with E-state index in [-0.39, 0.29) is 31.0 Å². The van der Waals surface area contributed by atoms with Crippen molar-refractivity contribution in [3.8, 4) is 5.75 Å². The van der Waals surface area contributed by atoms with Crippen LogP contribution < -0.4 is 4.74 Å². The molecule has 1 atom stereocenters. The second-order valence-electron chi connectivity index (χ2n) is 6.43. The number of hydrogen-bond acceptors (Lipinski definition) is 6. The number of nitrogens with zero attached hydrogens (tertiary/aromatic N) is 3. The van der Waals surface area contributed by atoms with Gasteiger partial charge in [-0.25, -0.2) is 5.01 Å². The second kappa shape index (κ2) is 8.71. The van der Waals surface area contributed by atoms with Crippen molar-refractivity contribution < 1.29 is 23.5 Å². The number of likely N-dealkylation sites (N-methyl/N-ethyl adjacent to an activating group) is 1. The van der Waals surface area contributed by atoms with Crippen molar-refractivity contribution in [1.82, 2.24) is 9.91 Å². The molecular formula is C20H23N3O5. The molecule has 2 aromatic rings. The van der Waals surface area contributed by atoms with Crippen molar-refractivity contribution in [2.75, 3.05) is 34.4 Å². The molecule has 0 N–H and O–H groups in total. The van der Waals surface area contributed by atoms with E-state index in [2.05, 4.69) is 5.10 Å². The highest BCUT2D eigenvalue weighted by molar-refractivity contribution is 6.03. The number of carbonyl (C=O) groups excluding carboxylic acids is 2. The Morgan fingerprint density at radius 3 is 2.61 bits per heavy atom. The Hall–Kier alpha value is -3.13. The predicted molar refractivity (Wildman–Crippen MR) is 102 cm³/mol. The molecule has 1 aromatic heterocycles. The minimum absolute atomic E-state index is 0.0776. The van der Waals surface area contributed by atoms with Gasteiger partial charge in [0, 0.05) is 20.6 Å². The van der Waals surface area contributed by atoms with Crippen LogP contribution in [-0.2, 0) is 14.3 Å². The Labute approximate surface area is 163 Å². The van der Waals surface area contributed by atoms with Gasteiger partial charge >= 0.3 is 0 Å². The van der Waals surface area contributed by atoms with Crippen LogP contribution in [0.25, 0.3) is 0 Å². The van der Waals surface area contributed by atoms with Gasteiger partial charge in [-0.15, -0.1) is 0 Å². The van der Waals surface area contributed by atoms with Crippen LogP contribution in [0, 0.1) is 0 Å². The number of furan rings is 1. The lowest BCUT2D eigenvalue weighted by molar-refractivity contribution is -0.142. The lowest BCUT2D eigenvalue weighted by Crippen LogP contribution is -2.40. The number of hydrazone groups is 1. The van der Waals surface area contributed by atoms with Crippen molar-refractivity contribution in [1.29, 1.82) is 0 Å². The maximum absolute atomic E-state index is 12.9. The molecule has 1 aliphatic heterocycles. The van der Waals surface area contributed by atoms with Gasteiger partial charge in [-0.2, -0.15) is 5.10 Å². The van der Waals surface area contributed by atoms with E-state index in [0.29, 0.717) is 12.2 Å². The highest BCUT2D eigenvalue weighted by atomic mass is 16.5. The van der Waals surface area contributed by atoms with Crippen molar-refractivity contribution in [2.24, 2.45) is 5.10 Å². The fraction of sp³-hybridized carbons (Fsp3) is 0.350. The van der Waals surface area contributed by atoms with E-state index in [0.717, 1.165) is 17.0 Å². The summed E-state index contributed by atoms with van der Waals surface area (Å²) in [7, 11) is 4.61. The lowest BCUT2D eigenvalue weighted by atomic mass is 10.0. The van der Waals surface area contributed by atoms with Crippen LogP contribution in [0.4, 0.5) is 0 Å². The molecule has 0 aliphatic carbocycles. The summed E-state index contributed by atoms with van der Waals surface area (Å²) in [6, 6.07) is 10.7. The number of methoxy groups -OCH3 is 2. The van der Waals surface area contributed by atoms with Crippen molar-refractivity contribution in [2.45, 2.75) is 12.5 Å². The van der Waals surface area contributed by atoms with E-state index in [1.807, 2.05) is 30.3 Å². The summed E-state index contributed by atoms with van der Waals surface area (Å²) < 4.78 is 15.5. The zero-order chi connectivity index (χ0) is 20.1. The van der Waals surface area contributed by atoms with Crippen LogP contribution in [0.15, 0.2) is 52.2 Å².